The Labute approximate surface area is 164 Å². The van der Waals surface area contributed by atoms with Gasteiger partial charge in [-0.15, -0.1) is 11.3 Å². The first-order chi connectivity index (χ1) is 13.3. The molecular weight excluding hydrogens is 356 g/mol. The normalized spacial score (nSPS) is 18.8. The average Bonchev–Trinajstić information content (AvgIpc) is 3.37. The first-order valence-corrected chi connectivity index (χ1v) is 10.4. The van der Waals surface area contributed by atoms with Crippen LogP contribution in [0.4, 0.5) is 0 Å². The Morgan fingerprint density at radius 3 is 2.81 bits per heavy atom. The topological polar surface area (TPSA) is 44.5 Å². The van der Waals surface area contributed by atoms with Gasteiger partial charge < -0.3 is 9.67 Å². The third-order valence-corrected chi connectivity index (χ3v) is 6.07. The predicted molar refractivity (Wildman–Crippen MR) is 109 cm³/mol. The molecule has 1 saturated heterocycles. The molecule has 4 rings (SSSR count). The van der Waals surface area contributed by atoms with Crippen molar-refractivity contribution in [3.05, 3.63) is 70.8 Å². The molecule has 3 aromatic heterocycles. The number of thiophene rings is 1. The van der Waals surface area contributed by atoms with Gasteiger partial charge in [0.2, 0.25) is 0 Å². The number of nitrogens with zero attached hydrogens (tertiary/aromatic N) is 4. The third-order valence-electron chi connectivity index (χ3n) is 5.21. The van der Waals surface area contributed by atoms with E-state index in [0.717, 1.165) is 45.0 Å². The number of piperazine rings is 1. The Morgan fingerprint density at radius 2 is 2.04 bits per heavy atom. The van der Waals surface area contributed by atoms with Crippen molar-refractivity contribution in [2.24, 2.45) is 0 Å². The number of rotatable bonds is 7. The maximum Gasteiger partial charge on any atom is 0.136 e. The Balaban J connectivity index is 1.43. The Morgan fingerprint density at radius 1 is 1.07 bits per heavy atom. The van der Waals surface area contributed by atoms with Crippen LogP contribution < -0.4 is 0 Å². The van der Waals surface area contributed by atoms with E-state index in [1.165, 1.54) is 10.6 Å². The first-order valence-electron chi connectivity index (χ1n) is 9.51. The summed E-state index contributed by atoms with van der Waals surface area (Å²) in [4.78, 5) is 10.9. The lowest BCUT2D eigenvalue weighted by atomic mass is 10.1. The van der Waals surface area contributed by atoms with Gasteiger partial charge in [0, 0.05) is 68.3 Å². The van der Waals surface area contributed by atoms with Crippen molar-refractivity contribution in [3.8, 4) is 5.82 Å². The highest BCUT2D eigenvalue weighted by molar-refractivity contribution is 7.09. The molecule has 6 heteroatoms. The minimum atomic E-state index is 0.240. The molecule has 1 fully saturated rings. The molecule has 0 bridgehead atoms. The zero-order valence-electron chi connectivity index (χ0n) is 15.4. The highest BCUT2D eigenvalue weighted by Gasteiger charge is 2.27. The van der Waals surface area contributed by atoms with E-state index in [4.69, 9.17) is 0 Å². The fraction of sp³-hybridized carbons (Fsp3) is 0.381. The van der Waals surface area contributed by atoms with E-state index in [9.17, 15) is 5.11 Å². The number of aromatic nitrogens is 2. The molecule has 0 unspecified atom stereocenters. The molecule has 0 aromatic carbocycles. The molecule has 1 aliphatic rings. The maximum absolute atomic E-state index is 9.54. The zero-order valence-corrected chi connectivity index (χ0v) is 16.3. The molecule has 0 amide bonds. The van der Waals surface area contributed by atoms with Gasteiger partial charge >= 0.3 is 0 Å². The molecular formula is C21H26N4OS. The van der Waals surface area contributed by atoms with Crippen LogP contribution in [0.3, 0.4) is 0 Å². The van der Waals surface area contributed by atoms with Crippen molar-refractivity contribution < 1.29 is 5.11 Å². The Hall–Kier alpha value is -1.99. The minimum absolute atomic E-state index is 0.240. The van der Waals surface area contributed by atoms with Crippen molar-refractivity contribution in [1.82, 2.24) is 19.4 Å². The third kappa shape index (κ3) is 4.47. The summed E-state index contributed by atoms with van der Waals surface area (Å²) in [6, 6.07) is 15.0. The van der Waals surface area contributed by atoms with Crippen LogP contribution >= 0.6 is 11.3 Å². The fourth-order valence-corrected chi connectivity index (χ4v) is 4.56. The quantitative estimate of drug-likeness (QED) is 0.682. The summed E-state index contributed by atoms with van der Waals surface area (Å²) in [5.41, 5.74) is 1.25. The van der Waals surface area contributed by atoms with Crippen LogP contribution in [0.2, 0.25) is 0 Å². The number of pyridine rings is 1. The van der Waals surface area contributed by atoms with Gasteiger partial charge in [0.05, 0.1) is 0 Å². The van der Waals surface area contributed by atoms with Crippen LogP contribution in [-0.4, -0.2) is 56.7 Å². The van der Waals surface area contributed by atoms with Crippen molar-refractivity contribution in [2.75, 3.05) is 26.2 Å². The van der Waals surface area contributed by atoms with Crippen molar-refractivity contribution in [1.29, 1.82) is 0 Å². The second-order valence-corrected chi connectivity index (χ2v) is 8.04. The number of aliphatic hydroxyl groups excluding tert-OH is 1. The van der Waals surface area contributed by atoms with Gasteiger partial charge in [-0.1, -0.05) is 12.1 Å². The van der Waals surface area contributed by atoms with Crippen LogP contribution in [0.25, 0.3) is 5.82 Å². The lowest BCUT2D eigenvalue weighted by molar-refractivity contribution is 0.0498. The number of hydrogen-bond donors (Lipinski definition) is 1. The van der Waals surface area contributed by atoms with Gasteiger partial charge in [-0.05, 0) is 42.1 Å². The van der Waals surface area contributed by atoms with Crippen LogP contribution in [-0.2, 0) is 13.1 Å². The summed E-state index contributed by atoms with van der Waals surface area (Å²) in [7, 11) is 0. The Bertz CT molecular complexity index is 818. The van der Waals surface area contributed by atoms with E-state index in [0.29, 0.717) is 6.04 Å². The molecule has 5 nitrogen and oxygen atoms in total. The molecule has 0 radical (unpaired) electrons. The van der Waals surface area contributed by atoms with Gasteiger partial charge in [0.15, 0.2) is 0 Å². The van der Waals surface area contributed by atoms with E-state index < -0.39 is 0 Å². The van der Waals surface area contributed by atoms with Crippen LogP contribution in [0.1, 0.15) is 17.0 Å². The summed E-state index contributed by atoms with van der Waals surface area (Å²) in [5, 5.41) is 11.7. The molecule has 3 aromatic rings. The highest BCUT2D eigenvalue weighted by Crippen LogP contribution is 2.21. The van der Waals surface area contributed by atoms with Crippen LogP contribution in [0.5, 0.6) is 0 Å². The van der Waals surface area contributed by atoms with Gasteiger partial charge in [-0.25, -0.2) is 4.98 Å². The molecule has 0 saturated carbocycles. The standard InChI is InChI=1S/C21H26N4OS/c26-13-8-18-15-23(11-12-24(18)17-20-6-4-14-27-20)16-19-5-3-10-25(19)21-7-1-2-9-22-21/h1-7,9-10,14,18,26H,8,11-13,15-17H2/t18-/m0/s1. The van der Waals surface area contributed by atoms with E-state index >= 15 is 0 Å². The van der Waals surface area contributed by atoms with Crippen molar-refractivity contribution >= 4 is 11.3 Å². The molecule has 4 heterocycles. The number of hydrogen-bond acceptors (Lipinski definition) is 5. The maximum atomic E-state index is 9.54. The van der Waals surface area contributed by atoms with E-state index in [1.54, 1.807) is 0 Å². The molecule has 0 aliphatic carbocycles. The molecule has 27 heavy (non-hydrogen) atoms. The molecule has 1 atom stereocenters. The Kier molecular flexibility index (Phi) is 5.99. The zero-order chi connectivity index (χ0) is 18.5. The SMILES string of the molecule is OCC[C@H]1CN(Cc2cccn2-c2ccccn2)CCN1Cc1cccs1. The summed E-state index contributed by atoms with van der Waals surface area (Å²) in [5.74, 6) is 0.959. The predicted octanol–water partition coefficient (Wildman–Crippen LogP) is 3.00. The molecule has 1 aliphatic heterocycles. The monoisotopic (exact) mass is 382 g/mol. The lowest BCUT2D eigenvalue weighted by Gasteiger charge is -2.41. The first kappa shape index (κ1) is 18.4. The smallest absolute Gasteiger partial charge is 0.136 e. The van der Waals surface area contributed by atoms with Crippen molar-refractivity contribution in [2.45, 2.75) is 25.6 Å². The average molecular weight is 383 g/mol. The van der Waals surface area contributed by atoms with Gasteiger partial charge in [-0.3, -0.25) is 9.80 Å². The van der Waals surface area contributed by atoms with E-state index in [-0.39, 0.29) is 6.61 Å². The van der Waals surface area contributed by atoms with E-state index in [1.807, 2.05) is 35.7 Å². The van der Waals surface area contributed by atoms with Gasteiger partial charge in [0.1, 0.15) is 5.82 Å². The largest absolute Gasteiger partial charge is 0.396 e. The highest BCUT2D eigenvalue weighted by atomic mass is 32.1. The fourth-order valence-electron chi connectivity index (χ4n) is 3.83. The molecule has 0 spiro atoms. The summed E-state index contributed by atoms with van der Waals surface area (Å²) in [6.07, 6.45) is 4.73. The van der Waals surface area contributed by atoms with Crippen molar-refractivity contribution in [3.63, 3.8) is 0 Å². The second-order valence-electron chi connectivity index (χ2n) is 7.01. The van der Waals surface area contributed by atoms with E-state index in [2.05, 4.69) is 55.2 Å². The lowest BCUT2D eigenvalue weighted by Crippen LogP contribution is -2.52. The summed E-state index contributed by atoms with van der Waals surface area (Å²) in [6.45, 7) is 5.19. The second kappa shape index (κ2) is 8.80. The summed E-state index contributed by atoms with van der Waals surface area (Å²) < 4.78 is 2.17. The molecule has 142 valence electrons. The van der Waals surface area contributed by atoms with Crippen LogP contribution in [0, 0.1) is 0 Å². The number of aliphatic hydroxyl groups is 1. The molecule has 1 N–H and O–H groups in total. The minimum Gasteiger partial charge on any atom is -0.396 e. The van der Waals surface area contributed by atoms with Gasteiger partial charge in [-0.2, -0.15) is 0 Å². The van der Waals surface area contributed by atoms with Gasteiger partial charge in [0.25, 0.3) is 0 Å². The van der Waals surface area contributed by atoms with Crippen LogP contribution in [0.15, 0.2) is 60.2 Å². The summed E-state index contributed by atoms with van der Waals surface area (Å²) >= 11 is 1.81.